The van der Waals surface area contributed by atoms with Crippen LogP contribution in [0.1, 0.15) is 16.1 Å². The molecule has 2 aromatic carbocycles. The van der Waals surface area contributed by atoms with Crippen LogP contribution in [0.25, 0.3) is 11.0 Å². The molecule has 0 unspecified atom stereocenters. The zero-order chi connectivity index (χ0) is 17.1. The van der Waals surface area contributed by atoms with Gasteiger partial charge in [-0.05, 0) is 30.3 Å². The minimum absolute atomic E-state index is 0.0120. The Labute approximate surface area is 136 Å². The number of halogens is 1. The maximum Gasteiger partial charge on any atom is 0.340 e. The number of hydrogen-bond acceptors (Lipinski definition) is 5. The molecule has 0 spiro atoms. The topological polar surface area (TPSA) is 81.4 Å². The van der Waals surface area contributed by atoms with Crippen molar-refractivity contribution in [2.24, 2.45) is 0 Å². The zero-order valence-electron chi connectivity index (χ0n) is 12.7. The van der Waals surface area contributed by atoms with E-state index in [2.05, 4.69) is 15.2 Å². The summed E-state index contributed by atoms with van der Waals surface area (Å²) < 4.78 is 23.2. The normalized spacial score (nSPS) is 10.6. The molecule has 0 saturated carbocycles. The highest BCUT2D eigenvalue weighted by Gasteiger charge is 2.15. The molecule has 0 atom stereocenters. The number of fused-ring (bicyclic) bond motifs is 1. The van der Waals surface area contributed by atoms with Gasteiger partial charge in [0.2, 0.25) is 5.91 Å². The van der Waals surface area contributed by atoms with Crippen molar-refractivity contribution >= 4 is 28.5 Å². The predicted molar refractivity (Wildman–Crippen MR) is 84.1 cm³/mol. The van der Waals surface area contributed by atoms with E-state index in [0.29, 0.717) is 11.3 Å². The first-order valence-electron chi connectivity index (χ1n) is 7.09. The number of amides is 1. The number of aromatic nitrogens is 1. The predicted octanol–water partition coefficient (Wildman–Crippen LogP) is 2.93. The first-order valence-corrected chi connectivity index (χ1v) is 7.09. The fraction of sp³-hybridized carbons (Fsp3) is 0.118. The van der Waals surface area contributed by atoms with Gasteiger partial charge in [0.25, 0.3) is 0 Å². The van der Waals surface area contributed by atoms with E-state index in [1.165, 1.54) is 12.1 Å². The number of esters is 1. The average molecular weight is 328 g/mol. The molecule has 3 rings (SSSR count). The number of nitrogens with zero attached hydrogens (tertiary/aromatic N) is 1. The summed E-state index contributed by atoms with van der Waals surface area (Å²) in [5, 5.41) is 7.23. The summed E-state index contributed by atoms with van der Waals surface area (Å²) in [6.45, 7) is 0. The summed E-state index contributed by atoms with van der Waals surface area (Å²) in [6, 6.07) is 10.9. The van der Waals surface area contributed by atoms with Crippen LogP contribution in [0.15, 0.2) is 47.0 Å². The average Bonchev–Trinajstić information content (AvgIpc) is 2.99. The van der Waals surface area contributed by atoms with Gasteiger partial charge in [0.05, 0.1) is 19.1 Å². The zero-order valence-corrected chi connectivity index (χ0v) is 12.7. The number of rotatable bonds is 4. The van der Waals surface area contributed by atoms with Crippen molar-refractivity contribution in [3.8, 4) is 0 Å². The molecular weight excluding hydrogens is 315 g/mol. The Balaban J connectivity index is 1.76. The Kier molecular flexibility index (Phi) is 4.24. The summed E-state index contributed by atoms with van der Waals surface area (Å²) in [5.74, 6) is -1.90. The first kappa shape index (κ1) is 15.7. The lowest BCUT2D eigenvalue weighted by Gasteiger charge is -2.07. The Morgan fingerprint density at radius 1 is 1.25 bits per heavy atom. The highest BCUT2D eigenvalue weighted by Crippen LogP contribution is 2.19. The van der Waals surface area contributed by atoms with E-state index in [4.69, 9.17) is 4.52 Å². The number of methoxy groups -OCH3 is 1. The summed E-state index contributed by atoms with van der Waals surface area (Å²) in [4.78, 5) is 23.6. The van der Waals surface area contributed by atoms with Crippen LogP contribution in [0.2, 0.25) is 0 Å². The number of nitrogens with one attached hydrogen (secondary N) is 1. The molecule has 0 aliphatic carbocycles. The van der Waals surface area contributed by atoms with Crippen molar-refractivity contribution < 1.29 is 23.2 Å². The summed E-state index contributed by atoms with van der Waals surface area (Å²) >= 11 is 0. The van der Waals surface area contributed by atoms with E-state index in [9.17, 15) is 14.0 Å². The van der Waals surface area contributed by atoms with Crippen LogP contribution < -0.4 is 5.32 Å². The second-order valence-corrected chi connectivity index (χ2v) is 5.04. The fourth-order valence-corrected chi connectivity index (χ4v) is 2.29. The van der Waals surface area contributed by atoms with Crippen molar-refractivity contribution in [1.82, 2.24) is 5.16 Å². The highest BCUT2D eigenvalue weighted by molar-refractivity contribution is 5.96. The van der Waals surface area contributed by atoms with Gasteiger partial charge in [-0.25, -0.2) is 9.18 Å². The molecule has 1 amide bonds. The molecule has 1 heterocycles. The largest absolute Gasteiger partial charge is 0.465 e. The number of para-hydroxylation sites is 1. The molecular formula is C17H13FN2O4. The lowest BCUT2D eigenvalue weighted by Crippen LogP contribution is -2.15. The van der Waals surface area contributed by atoms with Crippen LogP contribution in [0.5, 0.6) is 0 Å². The number of hydrogen-bond donors (Lipinski definition) is 1. The molecule has 1 aromatic heterocycles. The quantitative estimate of drug-likeness (QED) is 0.745. The van der Waals surface area contributed by atoms with Crippen molar-refractivity contribution in [1.29, 1.82) is 0 Å². The molecule has 3 aromatic rings. The molecule has 0 radical (unpaired) electrons. The van der Waals surface area contributed by atoms with Crippen molar-refractivity contribution in [3.05, 3.63) is 59.5 Å². The smallest absolute Gasteiger partial charge is 0.340 e. The van der Waals surface area contributed by atoms with Crippen molar-refractivity contribution in [3.63, 3.8) is 0 Å². The number of anilines is 1. The van der Waals surface area contributed by atoms with E-state index in [0.717, 1.165) is 18.6 Å². The standard InChI is InChI=1S/C17H13FN2O4/c1-23-17(22)12-8-10(6-7-13(12)18)19-16(21)9-14-11-4-2-3-5-15(11)24-20-14/h2-8H,9H2,1H3,(H,19,21). The van der Waals surface area contributed by atoms with Crippen LogP contribution in [0.3, 0.4) is 0 Å². The number of carbonyl (C=O) groups is 2. The van der Waals surface area contributed by atoms with Crippen LogP contribution in [0, 0.1) is 5.82 Å². The molecule has 0 aliphatic rings. The third-order valence-electron chi connectivity index (χ3n) is 3.44. The molecule has 6 nitrogen and oxygen atoms in total. The molecule has 0 fully saturated rings. The number of benzene rings is 2. The minimum atomic E-state index is -0.814. The van der Waals surface area contributed by atoms with E-state index >= 15 is 0 Å². The van der Waals surface area contributed by atoms with Gasteiger partial charge in [-0.15, -0.1) is 0 Å². The Morgan fingerprint density at radius 2 is 2.04 bits per heavy atom. The lowest BCUT2D eigenvalue weighted by atomic mass is 10.1. The monoisotopic (exact) mass is 328 g/mol. The fourth-order valence-electron chi connectivity index (χ4n) is 2.29. The third kappa shape index (κ3) is 3.10. The van der Waals surface area contributed by atoms with Crippen molar-refractivity contribution in [2.75, 3.05) is 12.4 Å². The highest BCUT2D eigenvalue weighted by atomic mass is 19.1. The van der Waals surface area contributed by atoms with Gasteiger partial charge in [0.1, 0.15) is 11.5 Å². The first-order chi connectivity index (χ1) is 11.6. The van der Waals surface area contributed by atoms with Gasteiger partial charge in [-0.3, -0.25) is 4.79 Å². The van der Waals surface area contributed by atoms with Crippen LogP contribution in [-0.4, -0.2) is 24.1 Å². The van der Waals surface area contributed by atoms with E-state index in [1.54, 1.807) is 6.07 Å². The number of carbonyl (C=O) groups excluding carboxylic acids is 2. The molecule has 0 bridgehead atoms. The summed E-state index contributed by atoms with van der Waals surface area (Å²) in [6.07, 6.45) is -0.0120. The molecule has 7 heteroatoms. The second kappa shape index (κ2) is 6.49. The van der Waals surface area contributed by atoms with Crippen LogP contribution in [-0.2, 0) is 16.0 Å². The second-order valence-electron chi connectivity index (χ2n) is 5.04. The Bertz CT molecular complexity index is 920. The van der Waals surface area contributed by atoms with Gasteiger partial charge < -0.3 is 14.6 Å². The van der Waals surface area contributed by atoms with E-state index < -0.39 is 11.8 Å². The summed E-state index contributed by atoms with van der Waals surface area (Å²) in [7, 11) is 1.16. The van der Waals surface area contributed by atoms with Crippen LogP contribution >= 0.6 is 0 Å². The molecule has 24 heavy (non-hydrogen) atoms. The Hall–Kier alpha value is -3.22. The van der Waals surface area contributed by atoms with E-state index in [-0.39, 0.29) is 23.6 Å². The van der Waals surface area contributed by atoms with Gasteiger partial charge in [-0.2, -0.15) is 0 Å². The molecule has 0 aliphatic heterocycles. The SMILES string of the molecule is COC(=O)c1cc(NC(=O)Cc2noc3ccccc23)ccc1F. The molecule has 1 N–H and O–H groups in total. The van der Waals surface area contributed by atoms with Gasteiger partial charge in [0, 0.05) is 11.1 Å². The lowest BCUT2D eigenvalue weighted by molar-refractivity contribution is -0.115. The third-order valence-corrected chi connectivity index (χ3v) is 3.44. The van der Waals surface area contributed by atoms with E-state index in [1.807, 2.05) is 18.2 Å². The molecule has 122 valence electrons. The minimum Gasteiger partial charge on any atom is -0.465 e. The number of ether oxygens (including phenoxy) is 1. The maximum absolute atomic E-state index is 13.6. The maximum atomic E-state index is 13.6. The van der Waals surface area contributed by atoms with Gasteiger partial charge in [-0.1, -0.05) is 17.3 Å². The Morgan fingerprint density at radius 3 is 2.83 bits per heavy atom. The van der Waals surface area contributed by atoms with Crippen molar-refractivity contribution in [2.45, 2.75) is 6.42 Å². The van der Waals surface area contributed by atoms with Gasteiger partial charge in [0.15, 0.2) is 5.58 Å². The van der Waals surface area contributed by atoms with Crippen LogP contribution in [0.4, 0.5) is 10.1 Å². The summed E-state index contributed by atoms with van der Waals surface area (Å²) in [5.41, 5.74) is 1.13. The van der Waals surface area contributed by atoms with Gasteiger partial charge >= 0.3 is 5.97 Å². The molecule has 0 saturated heterocycles.